The third kappa shape index (κ3) is 3.16. The minimum absolute atomic E-state index is 0.701. The zero-order valence-electron chi connectivity index (χ0n) is 10.0. The van der Waals surface area contributed by atoms with E-state index in [0.29, 0.717) is 12.1 Å². The number of nitrogens with zero attached hydrogens (tertiary/aromatic N) is 1. The quantitative estimate of drug-likeness (QED) is 0.755. The molecule has 2 saturated heterocycles. The third-order valence-electron chi connectivity index (χ3n) is 3.67. The van der Waals surface area contributed by atoms with Gasteiger partial charge in [-0.3, -0.25) is 4.90 Å². The van der Waals surface area contributed by atoms with Crippen molar-refractivity contribution in [3.8, 4) is 0 Å². The van der Waals surface area contributed by atoms with Crippen LogP contribution in [-0.4, -0.2) is 49.8 Å². The Morgan fingerprint density at radius 3 is 2.87 bits per heavy atom. The van der Waals surface area contributed by atoms with E-state index in [2.05, 4.69) is 24.1 Å². The van der Waals surface area contributed by atoms with Crippen LogP contribution in [0.5, 0.6) is 0 Å². The van der Waals surface area contributed by atoms with E-state index in [-0.39, 0.29) is 0 Å². The Morgan fingerprint density at radius 1 is 1.40 bits per heavy atom. The summed E-state index contributed by atoms with van der Waals surface area (Å²) in [5.41, 5.74) is 0. The SMILES string of the molecule is CC(C)N1CCC(NCC2CCOC2)C1. The zero-order valence-corrected chi connectivity index (χ0v) is 10.0. The minimum Gasteiger partial charge on any atom is -0.381 e. The van der Waals surface area contributed by atoms with Gasteiger partial charge in [-0.05, 0) is 39.2 Å². The van der Waals surface area contributed by atoms with Gasteiger partial charge in [-0.2, -0.15) is 0 Å². The van der Waals surface area contributed by atoms with Crippen LogP contribution in [0, 0.1) is 5.92 Å². The molecule has 0 aromatic rings. The molecule has 2 atom stereocenters. The van der Waals surface area contributed by atoms with E-state index < -0.39 is 0 Å². The molecule has 1 N–H and O–H groups in total. The van der Waals surface area contributed by atoms with Crippen molar-refractivity contribution in [1.29, 1.82) is 0 Å². The molecule has 2 unspecified atom stereocenters. The number of likely N-dealkylation sites (tertiary alicyclic amines) is 1. The molecule has 2 rings (SSSR count). The molecule has 15 heavy (non-hydrogen) atoms. The summed E-state index contributed by atoms with van der Waals surface area (Å²) >= 11 is 0. The van der Waals surface area contributed by atoms with Crippen LogP contribution in [0.1, 0.15) is 26.7 Å². The lowest BCUT2D eigenvalue weighted by Crippen LogP contribution is -2.37. The molecule has 0 aliphatic carbocycles. The molecule has 2 aliphatic rings. The van der Waals surface area contributed by atoms with E-state index >= 15 is 0 Å². The van der Waals surface area contributed by atoms with Gasteiger partial charge in [-0.15, -0.1) is 0 Å². The summed E-state index contributed by atoms with van der Waals surface area (Å²) in [6.45, 7) is 10.1. The van der Waals surface area contributed by atoms with E-state index in [1.54, 1.807) is 0 Å². The molecule has 0 aromatic carbocycles. The predicted molar refractivity (Wildman–Crippen MR) is 62.0 cm³/mol. The van der Waals surface area contributed by atoms with Gasteiger partial charge in [0.1, 0.15) is 0 Å². The Bertz CT molecular complexity index is 190. The van der Waals surface area contributed by atoms with Crippen LogP contribution in [0.3, 0.4) is 0 Å². The summed E-state index contributed by atoms with van der Waals surface area (Å²) in [5.74, 6) is 0.762. The summed E-state index contributed by atoms with van der Waals surface area (Å²) in [6, 6.07) is 1.42. The van der Waals surface area contributed by atoms with Crippen LogP contribution in [0.25, 0.3) is 0 Å². The van der Waals surface area contributed by atoms with Gasteiger partial charge < -0.3 is 10.1 Å². The minimum atomic E-state index is 0.701. The predicted octanol–water partition coefficient (Wildman–Crippen LogP) is 1.10. The lowest BCUT2D eigenvalue weighted by atomic mass is 10.1. The maximum absolute atomic E-state index is 5.38. The fraction of sp³-hybridized carbons (Fsp3) is 1.00. The van der Waals surface area contributed by atoms with Crippen LogP contribution in [0.4, 0.5) is 0 Å². The van der Waals surface area contributed by atoms with Crippen LogP contribution in [-0.2, 0) is 4.74 Å². The number of hydrogen-bond donors (Lipinski definition) is 1. The van der Waals surface area contributed by atoms with Crippen molar-refractivity contribution < 1.29 is 4.74 Å². The highest BCUT2D eigenvalue weighted by Gasteiger charge is 2.25. The van der Waals surface area contributed by atoms with Crippen LogP contribution in [0.15, 0.2) is 0 Å². The molecule has 2 heterocycles. The van der Waals surface area contributed by atoms with Gasteiger partial charge >= 0.3 is 0 Å². The van der Waals surface area contributed by atoms with Gasteiger partial charge in [-0.1, -0.05) is 0 Å². The lowest BCUT2D eigenvalue weighted by Gasteiger charge is -2.21. The highest BCUT2D eigenvalue weighted by molar-refractivity contribution is 4.83. The van der Waals surface area contributed by atoms with Crippen molar-refractivity contribution in [1.82, 2.24) is 10.2 Å². The molecule has 0 saturated carbocycles. The first-order valence-electron chi connectivity index (χ1n) is 6.31. The molecule has 88 valence electrons. The molecule has 0 radical (unpaired) electrons. The zero-order chi connectivity index (χ0) is 10.7. The third-order valence-corrected chi connectivity index (χ3v) is 3.67. The van der Waals surface area contributed by atoms with Gasteiger partial charge in [0.25, 0.3) is 0 Å². The second-order valence-corrected chi connectivity index (χ2v) is 5.21. The van der Waals surface area contributed by atoms with Crippen molar-refractivity contribution >= 4 is 0 Å². The Morgan fingerprint density at radius 2 is 2.27 bits per heavy atom. The number of nitrogens with one attached hydrogen (secondary N) is 1. The smallest absolute Gasteiger partial charge is 0.0507 e. The maximum atomic E-state index is 5.38. The Kier molecular flexibility index (Phi) is 4.00. The topological polar surface area (TPSA) is 24.5 Å². The molecule has 2 aliphatic heterocycles. The van der Waals surface area contributed by atoms with E-state index in [0.717, 1.165) is 25.7 Å². The fourth-order valence-corrected chi connectivity index (χ4v) is 2.50. The summed E-state index contributed by atoms with van der Waals surface area (Å²) in [6.07, 6.45) is 2.55. The molecule has 2 fully saturated rings. The number of ether oxygens (including phenoxy) is 1. The second kappa shape index (κ2) is 5.28. The standard InChI is InChI=1S/C12H24N2O/c1-10(2)14-5-3-12(8-14)13-7-11-4-6-15-9-11/h10-13H,3-9H2,1-2H3. The van der Waals surface area contributed by atoms with Gasteiger partial charge in [0, 0.05) is 31.8 Å². The average molecular weight is 212 g/mol. The van der Waals surface area contributed by atoms with Gasteiger partial charge in [0.2, 0.25) is 0 Å². The first kappa shape index (κ1) is 11.4. The molecule has 0 amide bonds. The van der Waals surface area contributed by atoms with Crippen molar-refractivity contribution in [3.05, 3.63) is 0 Å². The largest absolute Gasteiger partial charge is 0.381 e. The van der Waals surface area contributed by atoms with Crippen LogP contribution < -0.4 is 5.32 Å². The molecule has 3 nitrogen and oxygen atoms in total. The van der Waals surface area contributed by atoms with E-state index in [4.69, 9.17) is 4.74 Å². The van der Waals surface area contributed by atoms with Gasteiger partial charge in [0.05, 0.1) is 6.61 Å². The monoisotopic (exact) mass is 212 g/mol. The number of hydrogen-bond acceptors (Lipinski definition) is 3. The maximum Gasteiger partial charge on any atom is 0.0507 e. The average Bonchev–Trinajstić information content (AvgIpc) is 2.86. The van der Waals surface area contributed by atoms with Crippen molar-refractivity contribution in [2.24, 2.45) is 5.92 Å². The normalized spacial score (nSPS) is 33.0. The molecule has 3 heteroatoms. The Labute approximate surface area is 93.2 Å². The fourth-order valence-electron chi connectivity index (χ4n) is 2.50. The highest BCUT2D eigenvalue weighted by atomic mass is 16.5. The van der Waals surface area contributed by atoms with E-state index in [1.165, 1.54) is 25.9 Å². The molecular weight excluding hydrogens is 188 g/mol. The lowest BCUT2D eigenvalue weighted by molar-refractivity contribution is 0.184. The van der Waals surface area contributed by atoms with E-state index in [1.807, 2.05) is 0 Å². The molecule has 0 bridgehead atoms. The summed E-state index contributed by atoms with van der Waals surface area (Å²) in [4.78, 5) is 2.56. The summed E-state index contributed by atoms with van der Waals surface area (Å²) < 4.78 is 5.38. The Hall–Kier alpha value is -0.120. The van der Waals surface area contributed by atoms with Crippen molar-refractivity contribution in [2.45, 2.75) is 38.8 Å². The molecular formula is C12H24N2O. The van der Waals surface area contributed by atoms with Gasteiger partial charge in [-0.25, -0.2) is 0 Å². The highest BCUT2D eigenvalue weighted by Crippen LogP contribution is 2.15. The van der Waals surface area contributed by atoms with Gasteiger partial charge in [0.15, 0.2) is 0 Å². The summed E-state index contributed by atoms with van der Waals surface area (Å²) in [5, 5.41) is 3.69. The van der Waals surface area contributed by atoms with Crippen LogP contribution >= 0.6 is 0 Å². The number of rotatable bonds is 4. The summed E-state index contributed by atoms with van der Waals surface area (Å²) in [7, 11) is 0. The molecule has 0 aromatic heterocycles. The molecule has 0 spiro atoms. The van der Waals surface area contributed by atoms with Crippen LogP contribution in [0.2, 0.25) is 0 Å². The van der Waals surface area contributed by atoms with E-state index in [9.17, 15) is 0 Å². The van der Waals surface area contributed by atoms with Crippen molar-refractivity contribution in [3.63, 3.8) is 0 Å². The first-order valence-corrected chi connectivity index (χ1v) is 6.31. The Balaban J connectivity index is 1.64. The first-order chi connectivity index (χ1) is 7.25. The second-order valence-electron chi connectivity index (χ2n) is 5.21. The van der Waals surface area contributed by atoms with Crippen molar-refractivity contribution in [2.75, 3.05) is 32.8 Å².